The molecule has 1 heterocycles. The van der Waals surface area contributed by atoms with Gasteiger partial charge in [-0.2, -0.15) is 0 Å². The molecule has 1 saturated carbocycles. The largest absolute Gasteiger partial charge is 0.232 e. The maximum Gasteiger partial charge on any atom is 0.161 e. The fourth-order valence-corrected chi connectivity index (χ4v) is 2.40. The van der Waals surface area contributed by atoms with Crippen molar-refractivity contribution < 1.29 is 0 Å². The standard InChI is InChI=1S/C14H12BrClN2/c1-8-12(15)13(16)18-14(17-8)11-4-2-3-10(7-11)9-5-6-9/h2-4,7,9H,5-6H2,1H3. The normalized spacial score (nSPS) is 14.8. The summed E-state index contributed by atoms with van der Waals surface area (Å²) in [6, 6.07) is 8.45. The predicted octanol–water partition coefficient (Wildman–Crippen LogP) is 4.75. The molecule has 0 saturated heterocycles. The molecule has 0 N–H and O–H groups in total. The van der Waals surface area contributed by atoms with Crippen LogP contribution < -0.4 is 0 Å². The number of aromatic nitrogens is 2. The number of nitrogens with zero attached hydrogens (tertiary/aromatic N) is 2. The van der Waals surface area contributed by atoms with E-state index >= 15 is 0 Å². The van der Waals surface area contributed by atoms with Crippen LogP contribution in [0.1, 0.15) is 30.0 Å². The molecule has 92 valence electrons. The van der Waals surface area contributed by atoms with Crippen molar-refractivity contribution in [3.8, 4) is 11.4 Å². The van der Waals surface area contributed by atoms with Gasteiger partial charge in [-0.1, -0.05) is 29.8 Å². The van der Waals surface area contributed by atoms with Crippen molar-refractivity contribution in [3.63, 3.8) is 0 Å². The first-order chi connectivity index (χ1) is 8.65. The van der Waals surface area contributed by atoms with Gasteiger partial charge in [-0.05, 0) is 53.2 Å². The third-order valence-electron chi connectivity index (χ3n) is 3.17. The lowest BCUT2D eigenvalue weighted by atomic mass is 10.1. The van der Waals surface area contributed by atoms with E-state index in [1.807, 2.05) is 13.0 Å². The average Bonchev–Trinajstić information content (AvgIpc) is 3.20. The zero-order valence-electron chi connectivity index (χ0n) is 9.95. The van der Waals surface area contributed by atoms with E-state index in [1.165, 1.54) is 18.4 Å². The van der Waals surface area contributed by atoms with Crippen molar-refractivity contribution in [1.29, 1.82) is 0 Å². The van der Waals surface area contributed by atoms with Crippen molar-refractivity contribution in [2.24, 2.45) is 0 Å². The number of halogens is 2. The van der Waals surface area contributed by atoms with E-state index in [9.17, 15) is 0 Å². The lowest BCUT2D eigenvalue weighted by Crippen LogP contribution is -1.95. The van der Waals surface area contributed by atoms with E-state index < -0.39 is 0 Å². The van der Waals surface area contributed by atoms with Crippen LogP contribution in [0.3, 0.4) is 0 Å². The molecule has 0 bridgehead atoms. The van der Waals surface area contributed by atoms with Gasteiger partial charge < -0.3 is 0 Å². The van der Waals surface area contributed by atoms with E-state index in [-0.39, 0.29) is 0 Å². The van der Waals surface area contributed by atoms with Gasteiger partial charge in [0.1, 0.15) is 5.15 Å². The Kier molecular flexibility index (Phi) is 3.12. The Morgan fingerprint density at radius 1 is 1.28 bits per heavy atom. The quantitative estimate of drug-likeness (QED) is 0.746. The van der Waals surface area contributed by atoms with E-state index in [2.05, 4.69) is 44.1 Å². The molecular weight excluding hydrogens is 312 g/mol. The Morgan fingerprint density at radius 2 is 2.06 bits per heavy atom. The third kappa shape index (κ3) is 2.29. The number of hydrogen-bond acceptors (Lipinski definition) is 2. The summed E-state index contributed by atoms with van der Waals surface area (Å²) in [5.74, 6) is 1.43. The van der Waals surface area contributed by atoms with Crippen molar-refractivity contribution >= 4 is 27.5 Å². The smallest absolute Gasteiger partial charge is 0.161 e. The number of rotatable bonds is 2. The highest BCUT2D eigenvalue weighted by atomic mass is 79.9. The minimum Gasteiger partial charge on any atom is -0.232 e. The van der Waals surface area contributed by atoms with Crippen LogP contribution in [-0.4, -0.2) is 9.97 Å². The minimum absolute atomic E-state index is 0.467. The first-order valence-electron chi connectivity index (χ1n) is 5.95. The maximum atomic E-state index is 6.09. The fraction of sp³-hybridized carbons (Fsp3) is 0.286. The summed E-state index contributed by atoms with van der Waals surface area (Å²) >= 11 is 9.46. The van der Waals surface area contributed by atoms with Gasteiger partial charge in [-0.25, -0.2) is 9.97 Å². The minimum atomic E-state index is 0.467. The van der Waals surface area contributed by atoms with Crippen LogP contribution in [0.25, 0.3) is 11.4 Å². The van der Waals surface area contributed by atoms with Crippen molar-refractivity contribution in [1.82, 2.24) is 9.97 Å². The van der Waals surface area contributed by atoms with Crippen LogP contribution in [0.4, 0.5) is 0 Å². The van der Waals surface area contributed by atoms with Crippen LogP contribution in [0.2, 0.25) is 5.15 Å². The van der Waals surface area contributed by atoms with Gasteiger partial charge in [0.05, 0.1) is 10.2 Å². The highest BCUT2D eigenvalue weighted by Crippen LogP contribution is 2.41. The average molecular weight is 324 g/mol. The summed E-state index contributed by atoms with van der Waals surface area (Å²) in [6.45, 7) is 1.92. The molecule has 2 nitrogen and oxygen atoms in total. The molecule has 0 radical (unpaired) electrons. The van der Waals surface area contributed by atoms with Gasteiger partial charge in [0.2, 0.25) is 0 Å². The highest BCUT2D eigenvalue weighted by Gasteiger charge is 2.23. The number of aryl methyl sites for hydroxylation is 1. The SMILES string of the molecule is Cc1nc(-c2cccc(C3CC3)c2)nc(Cl)c1Br. The van der Waals surface area contributed by atoms with Crippen LogP contribution in [0.15, 0.2) is 28.7 Å². The molecule has 1 aliphatic carbocycles. The van der Waals surface area contributed by atoms with Gasteiger partial charge in [0.15, 0.2) is 5.82 Å². The Bertz CT molecular complexity index is 585. The van der Waals surface area contributed by atoms with Crippen molar-refractivity contribution in [3.05, 3.63) is 45.1 Å². The monoisotopic (exact) mass is 322 g/mol. The summed E-state index contributed by atoms with van der Waals surface area (Å²) in [4.78, 5) is 8.81. The molecule has 0 unspecified atom stereocenters. The zero-order chi connectivity index (χ0) is 12.7. The van der Waals surface area contributed by atoms with Gasteiger partial charge in [0, 0.05) is 5.56 Å². The molecule has 4 heteroatoms. The Balaban J connectivity index is 2.06. The Morgan fingerprint density at radius 3 is 2.72 bits per heavy atom. The summed E-state index contributed by atoms with van der Waals surface area (Å²) in [7, 11) is 0. The molecule has 18 heavy (non-hydrogen) atoms. The van der Waals surface area contributed by atoms with Crippen molar-refractivity contribution in [2.45, 2.75) is 25.7 Å². The molecular formula is C14H12BrClN2. The maximum absolute atomic E-state index is 6.09. The summed E-state index contributed by atoms with van der Waals surface area (Å²) in [5, 5.41) is 0.467. The van der Waals surface area contributed by atoms with Crippen LogP contribution in [-0.2, 0) is 0 Å². The molecule has 1 aromatic heterocycles. The zero-order valence-corrected chi connectivity index (χ0v) is 12.3. The second-order valence-corrected chi connectivity index (χ2v) is 5.79. The second kappa shape index (κ2) is 4.63. The molecule has 1 fully saturated rings. The lowest BCUT2D eigenvalue weighted by Gasteiger charge is -2.06. The topological polar surface area (TPSA) is 25.8 Å². The summed E-state index contributed by atoms with van der Waals surface area (Å²) in [5.41, 5.74) is 3.28. The van der Waals surface area contributed by atoms with Gasteiger partial charge in [0.25, 0.3) is 0 Å². The molecule has 0 atom stereocenters. The molecule has 3 rings (SSSR count). The highest BCUT2D eigenvalue weighted by molar-refractivity contribution is 9.10. The van der Waals surface area contributed by atoms with Gasteiger partial charge >= 0.3 is 0 Å². The van der Waals surface area contributed by atoms with Crippen LogP contribution in [0.5, 0.6) is 0 Å². The Labute approximate surface area is 120 Å². The molecule has 1 aromatic carbocycles. The van der Waals surface area contributed by atoms with Crippen LogP contribution >= 0.6 is 27.5 Å². The second-order valence-electron chi connectivity index (χ2n) is 4.64. The third-order valence-corrected chi connectivity index (χ3v) is 4.62. The number of benzene rings is 1. The van der Waals surface area contributed by atoms with Gasteiger partial charge in [-0.15, -0.1) is 0 Å². The van der Waals surface area contributed by atoms with E-state index in [1.54, 1.807) is 0 Å². The first kappa shape index (κ1) is 12.1. The molecule has 0 spiro atoms. The van der Waals surface area contributed by atoms with E-state index in [4.69, 9.17) is 11.6 Å². The fourth-order valence-electron chi connectivity index (χ4n) is 2.00. The van der Waals surface area contributed by atoms with Crippen molar-refractivity contribution in [2.75, 3.05) is 0 Å². The Hall–Kier alpha value is -0.930. The van der Waals surface area contributed by atoms with E-state index in [0.717, 1.165) is 21.6 Å². The molecule has 0 aliphatic heterocycles. The molecule has 2 aromatic rings. The number of hydrogen-bond donors (Lipinski definition) is 0. The van der Waals surface area contributed by atoms with E-state index in [0.29, 0.717) is 11.0 Å². The summed E-state index contributed by atoms with van der Waals surface area (Å²) < 4.78 is 0.770. The molecule has 1 aliphatic rings. The first-order valence-corrected chi connectivity index (χ1v) is 7.12. The lowest BCUT2D eigenvalue weighted by molar-refractivity contribution is 1.08. The van der Waals surface area contributed by atoms with Gasteiger partial charge in [-0.3, -0.25) is 0 Å². The summed E-state index contributed by atoms with van der Waals surface area (Å²) in [6.07, 6.45) is 2.59. The van der Waals surface area contributed by atoms with Crippen LogP contribution in [0, 0.1) is 6.92 Å². The predicted molar refractivity (Wildman–Crippen MR) is 76.9 cm³/mol. The molecule has 0 amide bonds.